The van der Waals surface area contributed by atoms with Crippen LogP contribution in [0.4, 0.5) is 0 Å². The van der Waals surface area contributed by atoms with Gasteiger partial charge in [0.1, 0.15) is 0 Å². The fourth-order valence-corrected chi connectivity index (χ4v) is 4.69. The minimum absolute atomic E-state index is 0.238. The lowest BCUT2D eigenvalue weighted by Gasteiger charge is -2.29. The van der Waals surface area contributed by atoms with E-state index in [4.69, 9.17) is 0 Å². The normalized spacial score (nSPS) is 25.0. The van der Waals surface area contributed by atoms with Gasteiger partial charge in [0.2, 0.25) is 5.91 Å². The number of carbonyl (C=O) groups excluding carboxylic acids is 1. The molecule has 1 heterocycles. The third kappa shape index (κ3) is 4.09. The molecule has 0 radical (unpaired) electrons. The molecule has 2 nitrogen and oxygen atoms in total. The van der Waals surface area contributed by atoms with Crippen LogP contribution < -0.4 is 0 Å². The highest BCUT2D eigenvalue weighted by atomic mass is 32.2. The molecule has 2 rings (SSSR count). The maximum Gasteiger partial charge on any atom is 0.236 e. The van der Waals surface area contributed by atoms with Crippen LogP contribution in [-0.4, -0.2) is 45.9 Å². The van der Waals surface area contributed by atoms with Gasteiger partial charge in [0.05, 0.1) is 5.25 Å². The number of nitrogens with zero attached hydrogens (tertiary/aromatic N) is 1. The predicted molar refractivity (Wildman–Crippen MR) is 77.8 cm³/mol. The van der Waals surface area contributed by atoms with E-state index in [0.717, 1.165) is 24.5 Å². The lowest BCUT2D eigenvalue weighted by atomic mass is 10.1. The smallest absolute Gasteiger partial charge is 0.236 e. The van der Waals surface area contributed by atoms with Crippen LogP contribution in [0.5, 0.6) is 0 Å². The van der Waals surface area contributed by atoms with Crippen molar-refractivity contribution in [2.45, 2.75) is 44.4 Å². The topological polar surface area (TPSA) is 20.3 Å². The van der Waals surface area contributed by atoms with Crippen molar-refractivity contribution in [1.29, 1.82) is 0 Å². The Morgan fingerprint density at radius 3 is 2.65 bits per heavy atom. The van der Waals surface area contributed by atoms with E-state index in [9.17, 15) is 4.79 Å². The molecule has 1 aliphatic carbocycles. The molecule has 0 aromatic rings. The zero-order valence-electron chi connectivity index (χ0n) is 10.9. The van der Waals surface area contributed by atoms with Gasteiger partial charge in [-0.3, -0.25) is 4.79 Å². The Balaban J connectivity index is 1.87. The summed E-state index contributed by atoms with van der Waals surface area (Å²) in [6, 6.07) is 0.578. The summed E-state index contributed by atoms with van der Waals surface area (Å²) in [4.78, 5) is 14.7. The summed E-state index contributed by atoms with van der Waals surface area (Å²) in [7, 11) is 0. The van der Waals surface area contributed by atoms with E-state index in [1.54, 1.807) is 0 Å². The van der Waals surface area contributed by atoms with Crippen molar-refractivity contribution < 1.29 is 4.79 Å². The molecule has 0 aromatic heterocycles. The lowest BCUT2D eigenvalue weighted by molar-refractivity contribution is -0.131. The molecule has 1 atom stereocenters. The number of thioether (sulfide) groups is 2. The average Bonchev–Trinajstić information content (AvgIpc) is 3.14. The number of carbonyl (C=O) groups is 1. The third-order valence-corrected chi connectivity index (χ3v) is 6.05. The van der Waals surface area contributed by atoms with Crippen molar-refractivity contribution in [3.05, 3.63) is 0 Å². The van der Waals surface area contributed by atoms with Gasteiger partial charge in [0.15, 0.2) is 0 Å². The summed E-state index contributed by atoms with van der Waals surface area (Å²) >= 11 is 3.80. The van der Waals surface area contributed by atoms with E-state index < -0.39 is 0 Å². The molecule has 1 amide bonds. The van der Waals surface area contributed by atoms with Crippen LogP contribution in [0.1, 0.15) is 33.1 Å². The molecule has 1 saturated heterocycles. The molecule has 1 unspecified atom stereocenters. The minimum atomic E-state index is 0.238. The summed E-state index contributed by atoms with van der Waals surface area (Å²) in [5.41, 5.74) is 0. The molecule has 0 bridgehead atoms. The zero-order chi connectivity index (χ0) is 12.3. The van der Waals surface area contributed by atoms with E-state index >= 15 is 0 Å². The van der Waals surface area contributed by atoms with Crippen molar-refractivity contribution in [3.63, 3.8) is 0 Å². The maximum atomic E-state index is 12.5. The van der Waals surface area contributed by atoms with Crippen LogP contribution in [0.2, 0.25) is 0 Å². The van der Waals surface area contributed by atoms with Crippen LogP contribution in [-0.2, 0) is 4.79 Å². The van der Waals surface area contributed by atoms with Gasteiger partial charge in [-0.15, -0.1) is 11.8 Å². The Bertz CT molecular complexity index is 260. The fourth-order valence-electron chi connectivity index (χ4n) is 2.07. The quantitative estimate of drug-likeness (QED) is 0.768. The monoisotopic (exact) mass is 273 g/mol. The Morgan fingerprint density at radius 1 is 1.35 bits per heavy atom. The summed E-state index contributed by atoms with van der Waals surface area (Å²) < 4.78 is 0. The predicted octanol–water partition coefficient (Wildman–Crippen LogP) is 2.87. The maximum absolute atomic E-state index is 12.5. The highest BCUT2D eigenvalue weighted by Crippen LogP contribution is 2.32. The number of amides is 1. The largest absolute Gasteiger partial charge is 0.339 e. The SMILES string of the molecule is CC(C)CCN(C(=O)C1CSCCS1)C1CC1. The Kier molecular flexibility index (Phi) is 5.10. The van der Waals surface area contributed by atoms with Crippen molar-refractivity contribution in [2.24, 2.45) is 5.92 Å². The van der Waals surface area contributed by atoms with E-state index in [1.807, 2.05) is 23.5 Å². The highest BCUT2D eigenvalue weighted by molar-refractivity contribution is 8.07. The average molecular weight is 273 g/mol. The molecule has 4 heteroatoms. The van der Waals surface area contributed by atoms with Gasteiger partial charge in [-0.05, 0) is 25.2 Å². The molecule has 0 N–H and O–H groups in total. The first-order chi connectivity index (χ1) is 8.18. The van der Waals surface area contributed by atoms with Gasteiger partial charge in [-0.2, -0.15) is 11.8 Å². The first kappa shape index (κ1) is 13.6. The van der Waals surface area contributed by atoms with Gasteiger partial charge in [0, 0.05) is 29.8 Å². The molecular formula is C13H23NOS2. The van der Waals surface area contributed by atoms with Crippen molar-refractivity contribution in [2.75, 3.05) is 23.8 Å². The first-order valence-electron chi connectivity index (χ1n) is 6.68. The molecule has 1 saturated carbocycles. The van der Waals surface area contributed by atoms with Gasteiger partial charge in [-0.25, -0.2) is 0 Å². The van der Waals surface area contributed by atoms with Crippen LogP contribution >= 0.6 is 23.5 Å². The van der Waals surface area contributed by atoms with E-state index in [1.165, 1.54) is 18.6 Å². The van der Waals surface area contributed by atoms with Crippen molar-refractivity contribution in [1.82, 2.24) is 4.90 Å². The molecule has 2 fully saturated rings. The van der Waals surface area contributed by atoms with Gasteiger partial charge >= 0.3 is 0 Å². The highest BCUT2D eigenvalue weighted by Gasteiger charge is 2.36. The summed E-state index contributed by atoms with van der Waals surface area (Å²) in [6.45, 7) is 5.45. The van der Waals surface area contributed by atoms with E-state index in [-0.39, 0.29) is 5.25 Å². The minimum Gasteiger partial charge on any atom is -0.339 e. The third-order valence-electron chi connectivity index (χ3n) is 3.31. The molecular weight excluding hydrogens is 250 g/mol. The summed E-state index contributed by atoms with van der Waals surface area (Å²) in [5, 5.41) is 0.238. The molecule has 2 aliphatic rings. The molecule has 98 valence electrons. The lowest BCUT2D eigenvalue weighted by Crippen LogP contribution is -2.42. The van der Waals surface area contributed by atoms with E-state index in [2.05, 4.69) is 18.7 Å². The first-order valence-corrected chi connectivity index (χ1v) is 8.88. The second kappa shape index (κ2) is 6.37. The zero-order valence-corrected chi connectivity index (χ0v) is 12.5. The molecule has 0 aromatic carbocycles. The van der Waals surface area contributed by atoms with Crippen LogP contribution in [0, 0.1) is 5.92 Å². The second-order valence-electron chi connectivity index (χ2n) is 5.38. The van der Waals surface area contributed by atoms with Gasteiger partial charge < -0.3 is 4.90 Å². The van der Waals surface area contributed by atoms with Gasteiger partial charge in [-0.1, -0.05) is 13.8 Å². The van der Waals surface area contributed by atoms with Crippen LogP contribution in [0.25, 0.3) is 0 Å². The Hall–Kier alpha value is 0.170. The summed E-state index contributed by atoms with van der Waals surface area (Å²) in [5.74, 6) is 4.49. The Labute approximate surface area is 113 Å². The van der Waals surface area contributed by atoms with Crippen LogP contribution in [0.3, 0.4) is 0 Å². The fraction of sp³-hybridized carbons (Fsp3) is 0.923. The number of rotatable bonds is 5. The van der Waals surface area contributed by atoms with Gasteiger partial charge in [0.25, 0.3) is 0 Å². The Morgan fingerprint density at radius 2 is 2.12 bits per heavy atom. The van der Waals surface area contributed by atoms with E-state index in [0.29, 0.717) is 17.9 Å². The summed E-state index contributed by atoms with van der Waals surface area (Å²) in [6.07, 6.45) is 3.61. The molecule has 0 spiro atoms. The van der Waals surface area contributed by atoms with Crippen LogP contribution in [0.15, 0.2) is 0 Å². The molecule has 1 aliphatic heterocycles. The van der Waals surface area contributed by atoms with Crippen molar-refractivity contribution >= 4 is 29.4 Å². The number of hydrogen-bond donors (Lipinski definition) is 0. The standard InChI is InChI=1S/C13H23NOS2/c1-10(2)5-6-14(11-3-4-11)13(15)12-9-16-7-8-17-12/h10-12H,3-9H2,1-2H3. The molecule has 17 heavy (non-hydrogen) atoms. The second-order valence-corrected chi connectivity index (χ2v) is 7.84. The van der Waals surface area contributed by atoms with Crippen molar-refractivity contribution in [3.8, 4) is 0 Å². The number of hydrogen-bond acceptors (Lipinski definition) is 3.